The van der Waals surface area contributed by atoms with Crippen LogP contribution in [0.2, 0.25) is 0 Å². The maximum Gasteiger partial charge on any atom is 0.253 e. The summed E-state index contributed by atoms with van der Waals surface area (Å²) >= 11 is 3.30. The van der Waals surface area contributed by atoms with E-state index in [1.165, 1.54) is 0 Å². The number of rotatable bonds is 8. The lowest BCUT2D eigenvalue weighted by Crippen LogP contribution is -2.47. The Labute approximate surface area is 173 Å². The molecule has 2 N–H and O–H groups in total. The van der Waals surface area contributed by atoms with Crippen LogP contribution in [-0.4, -0.2) is 38.3 Å². The van der Waals surface area contributed by atoms with Crippen molar-refractivity contribution in [3.63, 3.8) is 0 Å². The minimum atomic E-state index is -3.27. The number of halogens is 1. The molecule has 2 aromatic carbocycles. The maximum atomic E-state index is 12.6. The van der Waals surface area contributed by atoms with Gasteiger partial charge in [0.1, 0.15) is 15.9 Å². The predicted octanol–water partition coefficient (Wildman–Crippen LogP) is 2.61. The van der Waals surface area contributed by atoms with Gasteiger partial charge in [-0.3, -0.25) is 9.59 Å². The highest BCUT2D eigenvalue weighted by molar-refractivity contribution is 9.10. The van der Waals surface area contributed by atoms with Gasteiger partial charge in [-0.15, -0.1) is 0 Å². The molecular weight excluding hydrogens is 444 g/mol. The molecule has 28 heavy (non-hydrogen) atoms. The first-order chi connectivity index (χ1) is 13.2. The first-order valence-electron chi connectivity index (χ1n) is 8.72. The van der Waals surface area contributed by atoms with Crippen molar-refractivity contribution >= 4 is 37.6 Å². The summed E-state index contributed by atoms with van der Waals surface area (Å²) in [6, 6.07) is 13.6. The SMILES string of the molecule is Cc1ccc(CNC(=O)[C@@H](CCS(C)(=O)=O)NC(=O)c2ccccc2Br)cc1. The average molecular weight is 467 g/mol. The van der Waals surface area contributed by atoms with Crippen LogP contribution in [0.15, 0.2) is 53.0 Å². The Hall–Kier alpha value is -2.19. The number of aryl methyl sites for hydroxylation is 1. The zero-order chi connectivity index (χ0) is 20.7. The van der Waals surface area contributed by atoms with Gasteiger partial charge < -0.3 is 10.6 Å². The Morgan fingerprint density at radius 2 is 1.71 bits per heavy atom. The van der Waals surface area contributed by atoms with Crippen LogP contribution in [0.5, 0.6) is 0 Å². The molecule has 0 saturated heterocycles. The van der Waals surface area contributed by atoms with E-state index in [0.717, 1.165) is 17.4 Å². The van der Waals surface area contributed by atoms with E-state index < -0.39 is 27.7 Å². The highest BCUT2D eigenvalue weighted by Gasteiger charge is 2.23. The summed E-state index contributed by atoms with van der Waals surface area (Å²) in [6.07, 6.45) is 1.10. The van der Waals surface area contributed by atoms with Crippen molar-refractivity contribution in [2.45, 2.75) is 25.9 Å². The smallest absolute Gasteiger partial charge is 0.253 e. The second-order valence-corrected chi connectivity index (χ2v) is 9.74. The van der Waals surface area contributed by atoms with Crippen LogP contribution in [-0.2, 0) is 21.2 Å². The molecule has 0 unspecified atom stereocenters. The van der Waals surface area contributed by atoms with Crippen molar-refractivity contribution in [2.75, 3.05) is 12.0 Å². The highest BCUT2D eigenvalue weighted by atomic mass is 79.9. The summed E-state index contributed by atoms with van der Waals surface area (Å²) in [5.74, 6) is -1.08. The second-order valence-electron chi connectivity index (χ2n) is 6.63. The molecule has 0 saturated carbocycles. The molecule has 0 aliphatic heterocycles. The minimum absolute atomic E-state index is 0.00520. The molecule has 0 aliphatic carbocycles. The molecule has 150 valence electrons. The highest BCUT2D eigenvalue weighted by Crippen LogP contribution is 2.16. The number of hydrogen-bond acceptors (Lipinski definition) is 4. The number of hydrogen-bond donors (Lipinski definition) is 2. The van der Waals surface area contributed by atoms with Crippen molar-refractivity contribution in [1.29, 1.82) is 0 Å². The molecule has 0 aliphatic rings. The summed E-state index contributed by atoms with van der Waals surface area (Å²) in [5, 5.41) is 5.41. The van der Waals surface area contributed by atoms with Crippen LogP contribution >= 0.6 is 15.9 Å². The van der Waals surface area contributed by atoms with Crippen LogP contribution in [0.3, 0.4) is 0 Å². The van der Waals surface area contributed by atoms with E-state index in [2.05, 4.69) is 26.6 Å². The normalized spacial score (nSPS) is 12.2. The molecule has 2 amide bonds. The Morgan fingerprint density at radius 3 is 2.32 bits per heavy atom. The van der Waals surface area contributed by atoms with Gasteiger partial charge in [0.05, 0.1) is 11.3 Å². The average Bonchev–Trinajstić information content (AvgIpc) is 2.64. The van der Waals surface area contributed by atoms with E-state index in [-0.39, 0.29) is 12.2 Å². The molecule has 2 rings (SSSR count). The maximum absolute atomic E-state index is 12.6. The van der Waals surface area contributed by atoms with E-state index >= 15 is 0 Å². The van der Waals surface area contributed by atoms with E-state index in [1.54, 1.807) is 24.3 Å². The summed E-state index contributed by atoms with van der Waals surface area (Å²) in [4.78, 5) is 25.2. The molecule has 2 aromatic rings. The fourth-order valence-electron chi connectivity index (χ4n) is 2.50. The van der Waals surface area contributed by atoms with Gasteiger partial charge in [0.25, 0.3) is 5.91 Å². The van der Waals surface area contributed by atoms with Gasteiger partial charge >= 0.3 is 0 Å². The van der Waals surface area contributed by atoms with Gasteiger partial charge in [-0.05, 0) is 47.0 Å². The number of carbonyl (C=O) groups excluding carboxylic acids is 2. The lowest BCUT2D eigenvalue weighted by Gasteiger charge is -2.19. The van der Waals surface area contributed by atoms with E-state index in [1.807, 2.05) is 31.2 Å². The van der Waals surface area contributed by atoms with E-state index in [9.17, 15) is 18.0 Å². The molecule has 0 heterocycles. The van der Waals surface area contributed by atoms with Crippen molar-refractivity contribution in [3.8, 4) is 0 Å². The summed E-state index contributed by atoms with van der Waals surface area (Å²) < 4.78 is 23.6. The minimum Gasteiger partial charge on any atom is -0.350 e. The van der Waals surface area contributed by atoms with Gasteiger partial charge in [-0.25, -0.2) is 8.42 Å². The van der Waals surface area contributed by atoms with Gasteiger partial charge in [-0.1, -0.05) is 42.0 Å². The fourth-order valence-corrected chi connectivity index (χ4v) is 3.63. The van der Waals surface area contributed by atoms with Crippen LogP contribution < -0.4 is 10.6 Å². The summed E-state index contributed by atoms with van der Waals surface area (Å²) in [5.41, 5.74) is 2.40. The first kappa shape index (κ1) is 22.1. The third-order valence-electron chi connectivity index (χ3n) is 4.10. The van der Waals surface area contributed by atoms with E-state index in [0.29, 0.717) is 16.6 Å². The van der Waals surface area contributed by atoms with Crippen molar-refractivity contribution in [2.24, 2.45) is 0 Å². The van der Waals surface area contributed by atoms with Gasteiger partial charge in [0, 0.05) is 17.3 Å². The second kappa shape index (κ2) is 9.84. The first-order valence-corrected chi connectivity index (χ1v) is 11.6. The standard InChI is InChI=1S/C20H23BrN2O4S/c1-14-7-9-15(10-8-14)13-22-20(25)18(11-12-28(2,26)27)23-19(24)16-5-3-4-6-17(16)21/h3-10,18H,11-13H2,1-2H3,(H,22,25)(H,23,24)/t18-/m1/s1. The number of amides is 2. The van der Waals surface area contributed by atoms with E-state index in [4.69, 9.17) is 0 Å². The molecule has 1 atom stereocenters. The molecule has 0 radical (unpaired) electrons. The third-order valence-corrected chi connectivity index (χ3v) is 5.77. The third kappa shape index (κ3) is 7.09. The number of sulfone groups is 1. The van der Waals surface area contributed by atoms with Gasteiger partial charge in [0.15, 0.2) is 0 Å². The monoisotopic (exact) mass is 466 g/mol. The zero-order valence-corrected chi connectivity index (χ0v) is 18.1. The molecular formula is C20H23BrN2O4S. The largest absolute Gasteiger partial charge is 0.350 e. The topological polar surface area (TPSA) is 92.3 Å². The van der Waals surface area contributed by atoms with Crippen LogP contribution in [0.4, 0.5) is 0 Å². The summed E-state index contributed by atoms with van der Waals surface area (Å²) in [7, 11) is -3.27. The van der Waals surface area contributed by atoms with Crippen LogP contribution in [0.1, 0.15) is 27.9 Å². The van der Waals surface area contributed by atoms with Crippen molar-refractivity contribution in [3.05, 3.63) is 69.7 Å². The van der Waals surface area contributed by atoms with Crippen LogP contribution in [0, 0.1) is 6.92 Å². The number of nitrogens with one attached hydrogen (secondary N) is 2. The lowest BCUT2D eigenvalue weighted by molar-refractivity contribution is -0.123. The molecule has 0 bridgehead atoms. The quantitative estimate of drug-likeness (QED) is 0.625. The fraction of sp³-hybridized carbons (Fsp3) is 0.300. The van der Waals surface area contributed by atoms with Gasteiger partial charge in [0.2, 0.25) is 5.91 Å². The number of carbonyl (C=O) groups is 2. The van der Waals surface area contributed by atoms with Crippen molar-refractivity contribution < 1.29 is 18.0 Å². The Kier molecular flexibility index (Phi) is 7.77. The molecule has 8 heteroatoms. The van der Waals surface area contributed by atoms with Crippen molar-refractivity contribution in [1.82, 2.24) is 10.6 Å². The molecule has 0 spiro atoms. The number of benzene rings is 2. The molecule has 0 aromatic heterocycles. The lowest BCUT2D eigenvalue weighted by atomic mass is 10.1. The molecule has 0 fully saturated rings. The van der Waals surface area contributed by atoms with Gasteiger partial charge in [-0.2, -0.15) is 0 Å². The molecule has 6 nitrogen and oxygen atoms in total. The zero-order valence-electron chi connectivity index (χ0n) is 15.7. The summed E-state index contributed by atoms with van der Waals surface area (Å²) in [6.45, 7) is 2.26. The Bertz CT molecular complexity index is 943. The van der Waals surface area contributed by atoms with Crippen LogP contribution in [0.25, 0.3) is 0 Å². The predicted molar refractivity (Wildman–Crippen MR) is 113 cm³/mol. The Morgan fingerprint density at radius 1 is 1.07 bits per heavy atom. The Balaban J connectivity index is 2.08.